The molecule has 1 saturated heterocycles. The molecule has 0 radical (unpaired) electrons. The van der Waals surface area contributed by atoms with Crippen LogP contribution in [0.1, 0.15) is 52.9 Å². The van der Waals surface area contributed by atoms with E-state index in [0.717, 1.165) is 25.8 Å². The summed E-state index contributed by atoms with van der Waals surface area (Å²) in [7, 11) is -3.33. The molecule has 1 heterocycles. The molecule has 2 fully saturated rings. The minimum Gasteiger partial charge on any atom is -0.314 e. The maximum atomic E-state index is 12.5. The Bertz CT molecular complexity index is 421. The molecular weight excluding hydrogens is 286 g/mol. The molecule has 2 N–H and O–H groups in total. The highest BCUT2D eigenvalue weighted by Gasteiger charge is 2.30. The summed E-state index contributed by atoms with van der Waals surface area (Å²) in [6.45, 7) is 8.45. The summed E-state index contributed by atoms with van der Waals surface area (Å²) in [5, 5.41) is 3.52. The van der Waals surface area contributed by atoms with Crippen molar-refractivity contribution < 1.29 is 8.42 Å². The minimum absolute atomic E-state index is 0.0000319. The molecule has 1 aliphatic carbocycles. The van der Waals surface area contributed by atoms with E-state index in [9.17, 15) is 8.42 Å². The van der Waals surface area contributed by atoms with Crippen LogP contribution in [0, 0.1) is 11.8 Å². The van der Waals surface area contributed by atoms with Gasteiger partial charge in [0.15, 0.2) is 0 Å². The highest BCUT2D eigenvalue weighted by Crippen LogP contribution is 2.22. The molecule has 2 unspecified atom stereocenters. The first-order valence-electron chi connectivity index (χ1n) is 8.37. The Morgan fingerprint density at radius 2 is 1.90 bits per heavy atom. The zero-order valence-corrected chi connectivity index (χ0v) is 14.5. The molecule has 2 atom stereocenters. The van der Waals surface area contributed by atoms with Gasteiger partial charge in [0.05, 0.1) is 0 Å². The predicted octanol–water partition coefficient (Wildman–Crippen LogP) is 1.72. The smallest absolute Gasteiger partial charge is 0.279 e. The summed E-state index contributed by atoms with van der Waals surface area (Å²) < 4.78 is 29.4. The second kappa shape index (κ2) is 7.40. The fourth-order valence-electron chi connectivity index (χ4n) is 3.12. The predicted molar refractivity (Wildman–Crippen MR) is 86.3 cm³/mol. The molecule has 0 aromatic carbocycles. The molecule has 1 saturated carbocycles. The molecule has 6 heteroatoms. The van der Waals surface area contributed by atoms with E-state index in [4.69, 9.17) is 0 Å². The fourth-order valence-corrected chi connectivity index (χ4v) is 4.65. The van der Waals surface area contributed by atoms with Gasteiger partial charge in [-0.3, -0.25) is 0 Å². The Labute approximate surface area is 130 Å². The van der Waals surface area contributed by atoms with Crippen LogP contribution in [0.3, 0.4) is 0 Å². The molecule has 1 aliphatic heterocycles. The van der Waals surface area contributed by atoms with Crippen LogP contribution in [0.5, 0.6) is 0 Å². The standard InChI is InChI=1S/C15H31N3O2S/c1-12(2)9-13(3)17-21(19,20)18-8-4-5-14(11-18)10-16-15-6-7-15/h12-17H,4-11H2,1-3H3. The van der Waals surface area contributed by atoms with E-state index < -0.39 is 10.2 Å². The van der Waals surface area contributed by atoms with E-state index in [-0.39, 0.29) is 6.04 Å². The third-order valence-electron chi connectivity index (χ3n) is 4.27. The normalized spacial score (nSPS) is 26.2. The average molecular weight is 317 g/mol. The van der Waals surface area contributed by atoms with E-state index in [1.165, 1.54) is 12.8 Å². The first-order valence-corrected chi connectivity index (χ1v) is 9.81. The summed E-state index contributed by atoms with van der Waals surface area (Å²) in [4.78, 5) is 0. The lowest BCUT2D eigenvalue weighted by Crippen LogP contribution is -2.49. The molecule has 21 heavy (non-hydrogen) atoms. The molecule has 2 aliphatic rings. The first-order chi connectivity index (χ1) is 9.87. The van der Waals surface area contributed by atoms with Gasteiger partial charge in [-0.05, 0) is 57.4 Å². The van der Waals surface area contributed by atoms with E-state index in [2.05, 4.69) is 23.9 Å². The highest BCUT2D eigenvalue weighted by molar-refractivity contribution is 7.87. The van der Waals surface area contributed by atoms with Crippen LogP contribution in [0.2, 0.25) is 0 Å². The van der Waals surface area contributed by atoms with Gasteiger partial charge < -0.3 is 5.32 Å². The third-order valence-corrected chi connectivity index (χ3v) is 5.98. The second-order valence-corrected chi connectivity index (χ2v) is 8.90. The van der Waals surface area contributed by atoms with E-state index in [0.29, 0.717) is 31.0 Å². The monoisotopic (exact) mass is 317 g/mol. The van der Waals surface area contributed by atoms with Gasteiger partial charge in [0, 0.05) is 25.2 Å². The summed E-state index contributed by atoms with van der Waals surface area (Å²) in [5.74, 6) is 0.955. The summed E-state index contributed by atoms with van der Waals surface area (Å²) in [6, 6.07) is 0.695. The molecule has 0 bridgehead atoms. The number of hydrogen-bond acceptors (Lipinski definition) is 3. The SMILES string of the molecule is CC(C)CC(C)NS(=O)(=O)N1CCCC(CNC2CC2)C1. The molecule has 124 valence electrons. The average Bonchev–Trinajstić information content (AvgIpc) is 3.19. The number of nitrogens with zero attached hydrogens (tertiary/aromatic N) is 1. The van der Waals surface area contributed by atoms with Crippen molar-refractivity contribution in [3.05, 3.63) is 0 Å². The number of piperidine rings is 1. The lowest BCUT2D eigenvalue weighted by atomic mass is 10.00. The molecule has 0 amide bonds. The van der Waals surface area contributed by atoms with Gasteiger partial charge in [-0.2, -0.15) is 17.4 Å². The Morgan fingerprint density at radius 3 is 2.52 bits per heavy atom. The van der Waals surface area contributed by atoms with Gasteiger partial charge >= 0.3 is 0 Å². The summed E-state index contributed by atoms with van der Waals surface area (Å²) in [6.07, 6.45) is 5.54. The van der Waals surface area contributed by atoms with E-state index >= 15 is 0 Å². The zero-order chi connectivity index (χ0) is 15.5. The van der Waals surface area contributed by atoms with Gasteiger partial charge in [0.1, 0.15) is 0 Å². The van der Waals surface area contributed by atoms with Crippen molar-refractivity contribution in [3.63, 3.8) is 0 Å². The number of nitrogens with one attached hydrogen (secondary N) is 2. The van der Waals surface area contributed by atoms with Crippen molar-refractivity contribution in [2.24, 2.45) is 11.8 Å². The molecular formula is C15H31N3O2S. The van der Waals surface area contributed by atoms with Crippen molar-refractivity contribution in [3.8, 4) is 0 Å². The van der Waals surface area contributed by atoms with Gasteiger partial charge in [-0.15, -0.1) is 0 Å². The van der Waals surface area contributed by atoms with Crippen LogP contribution in [0.15, 0.2) is 0 Å². The van der Waals surface area contributed by atoms with Crippen LogP contribution in [-0.2, 0) is 10.2 Å². The van der Waals surface area contributed by atoms with Gasteiger partial charge in [0.2, 0.25) is 0 Å². The maximum Gasteiger partial charge on any atom is 0.279 e. The van der Waals surface area contributed by atoms with Crippen molar-refractivity contribution in [2.45, 2.75) is 65.0 Å². The Kier molecular flexibility index (Phi) is 6.05. The maximum absolute atomic E-state index is 12.5. The zero-order valence-electron chi connectivity index (χ0n) is 13.6. The molecule has 5 nitrogen and oxygen atoms in total. The quantitative estimate of drug-likeness (QED) is 0.716. The number of rotatable bonds is 8. The third kappa shape index (κ3) is 5.85. The van der Waals surface area contributed by atoms with E-state index in [1.807, 2.05) is 6.92 Å². The van der Waals surface area contributed by atoms with Gasteiger partial charge in [-0.25, -0.2) is 0 Å². The molecule has 2 rings (SSSR count). The molecule has 0 aromatic rings. The van der Waals surface area contributed by atoms with Gasteiger partial charge in [0.25, 0.3) is 10.2 Å². The van der Waals surface area contributed by atoms with Crippen LogP contribution >= 0.6 is 0 Å². The lowest BCUT2D eigenvalue weighted by molar-refractivity contribution is 0.255. The van der Waals surface area contributed by atoms with Crippen LogP contribution < -0.4 is 10.0 Å². The van der Waals surface area contributed by atoms with Crippen LogP contribution in [-0.4, -0.2) is 44.4 Å². The largest absolute Gasteiger partial charge is 0.314 e. The summed E-state index contributed by atoms with van der Waals surface area (Å²) in [5.41, 5.74) is 0. The summed E-state index contributed by atoms with van der Waals surface area (Å²) >= 11 is 0. The van der Waals surface area contributed by atoms with Gasteiger partial charge in [-0.1, -0.05) is 13.8 Å². The molecule has 0 spiro atoms. The molecule has 0 aromatic heterocycles. The van der Waals surface area contributed by atoms with Crippen LogP contribution in [0.4, 0.5) is 0 Å². The van der Waals surface area contributed by atoms with Crippen molar-refractivity contribution in [2.75, 3.05) is 19.6 Å². The van der Waals surface area contributed by atoms with Crippen molar-refractivity contribution >= 4 is 10.2 Å². The van der Waals surface area contributed by atoms with Crippen molar-refractivity contribution in [1.82, 2.24) is 14.3 Å². The Morgan fingerprint density at radius 1 is 1.19 bits per heavy atom. The van der Waals surface area contributed by atoms with Crippen LogP contribution in [0.25, 0.3) is 0 Å². The Hall–Kier alpha value is -0.170. The topological polar surface area (TPSA) is 61.4 Å². The second-order valence-electron chi connectivity index (χ2n) is 7.20. The first kappa shape index (κ1) is 17.2. The Balaban J connectivity index is 1.82. The highest BCUT2D eigenvalue weighted by atomic mass is 32.2. The minimum atomic E-state index is -3.33. The number of hydrogen-bond donors (Lipinski definition) is 2. The fraction of sp³-hybridized carbons (Fsp3) is 1.00. The van der Waals surface area contributed by atoms with E-state index in [1.54, 1.807) is 4.31 Å². The van der Waals surface area contributed by atoms with Crippen molar-refractivity contribution in [1.29, 1.82) is 0 Å². The lowest BCUT2D eigenvalue weighted by Gasteiger charge is -2.33.